The first-order chi connectivity index (χ1) is 11.8. The summed E-state index contributed by atoms with van der Waals surface area (Å²) in [6.07, 6.45) is 0.675. The van der Waals surface area contributed by atoms with E-state index in [4.69, 9.17) is 9.47 Å². The number of fused-ring (bicyclic) bond motifs is 1. The Morgan fingerprint density at radius 2 is 1.48 bits per heavy atom. The van der Waals surface area contributed by atoms with E-state index in [9.17, 15) is 9.59 Å². The summed E-state index contributed by atoms with van der Waals surface area (Å²) >= 11 is 0. The van der Waals surface area contributed by atoms with Gasteiger partial charge in [-0.25, -0.2) is 4.79 Å². The molecule has 0 fully saturated rings. The summed E-state index contributed by atoms with van der Waals surface area (Å²) in [5, 5.41) is 1.02. The van der Waals surface area contributed by atoms with Gasteiger partial charge in [-0.05, 0) is 75.8 Å². The van der Waals surface area contributed by atoms with Gasteiger partial charge in [-0.3, -0.25) is 4.79 Å². The zero-order valence-electron chi connectivity index (χ0n) is 16.0. The molecule has 0 amide bonds. The standard InChI is InChI=1S/C20H27NO4/c1-7-24-16(22)10-9-15-17-13(5)11(3)12(4)14(6)18(17)21-19(15)20(23)25-8-2/h21H,7-10H2,1-6H3. The van der Waals surface area contributed by atoms with Gasteiger partial charge in [-0.2, -0.15) is 0 Å². The molecule has 2 rings (SSSR count). The van der Waals surface area contributed by atoms with Gasteiger partial charge in [0.1, 0.15) is 5.69 Å². The second-order valence-corrected chi connectivity index (χ2v) is 6.25. The number of nitrogens with one attached hydrogen (secondary N) is 1. The number of ether oxygens (including phenoxy) is 2. The summed E-state index contributed by atoms with van der Waals surface area (Å²) in [4.78, 5) is 27.5. The average Bonchev–Trinajstić information content (AvgIpc) is 2.96. The molecule has 0 atom stereocenters. The largest absolute Gasteiger partial charge is 0.466 e. The van der Waals surface area contributed by atoms with Crippen LogP contribution in [0.2, 0.25) is 0 Å². The van der Waals surface area contributed by atoms with Crippen molar-refractivity contribution in [3.63, 3.8) is 0 Å². The molecule has 0 aliphatic heterocycles. The fourth-order valence-electron chi connectivity index (χ4n) is 3.26. The Hall–Kier alpha value is -2.30. The van der Waals surface area contributed by atoms with Crippen LogP contribution >= 0.6 is 0 Å². The van der Waals surface area contributed by atoms with E-state index >= 15 is 0 Å². The fraction of sp³-hybridized carbons (Fsp3) is 0.500. The van der Waals surface area contributed by atoms with E-state index in [0.29, 0.717) is 25.3 Å². The van der Waals surface area contributed by atoms with Gasteiger partial charge >= 0.3 is 11.9 Å². The number of benzene rings is 1. The zero-order chi connectivity index (χ0) is 18.7. The van der Waals surface area contributed by atoms with Gasteiger partial charge in [0.15, 0.2) is 0 Å². The van der Waals surface area contributed by atoms with Gasteiger partial charge in [0, 0.05) is 17.3 Å². The fourth-order valence-corrected chi connectivity index (χ4v) is 3.26. The summed E-state index contributed by atoms with van der Waals surface area (Å²) in [5.41, 5.74) is 6.88. The van der Waals surface area contributed by atoms with Crippen LogP contribution in [0.1, 0.15) is 58.6 Å². The van der Waals surface area contributed by atoms with E-state index in [0.717, 1.165) is 27.6 Å². The molecule has 0 unspecified atom stereocenters. The first-order valence-corrected chi connectivity index (χ1v) is 8.77. The number of rotatable bonds is 6. The molecule has 25 heavy (non-hydrogen) atoms. The maximum absolute atomic E-state index is 12.4. The number of H-pyrrole nitrogens is 1. The van der Waals surface area contributed by atoms with Gasteiger partial charge in [0.05, 0.1) is 13.2 Å². The van der Waals surface area contributed by atoms with Crippen LogP contribution < -0.4 is 0 Å². The van der Waals surface area contributed by atoms with Gasteiger partial charge < -0.3 is 14.5 Å². The Morgan fingerprint density at radius 1 is 0.880 bits per heavy atom. The minimum Gasteiger partial charge on any atom is -0.466 e. The Balaban J connectivity index is 2.63. The highest BCUT2D eigenvalue weighted by Gasteiger charge is 2.23. The van der Waals surface area contributed by atoms with Crippen molar-refractivity contribution in [1.82, 2.24) is 4.98 Å². The highest BCUT2D eigenvalue weighted by Crippen LogP contribution is 2.34. The molecule has 1 N–H and O–H groups in total. The number of carbonyl (C=O) groups excluding carboxylic acids is 2. The van der Waals surface area contributed by atoms with Crippen molar-refractivity contribution >= 4 is 22.8 Å². The first-order valence-electron chi connectivity index (χ1n) is 8.77. The predicted molar refractivity (Wildman–Crippen MR) is 98.2 cm³/mol. The van der Waals surface area contributed by atoms with Crippen molar-refractivity contribution in [3.05, 3.63) is 33.5 Å². The quantitative estimate of drug-likeness (QED) is 0.801. The highest BCUT2D eigenvalue weighted by atomic mass is 16.5. The molecule has 0 bridgehead atoms. The van der Waals surface area contributed by atoms with E-state index < -0.39 is 0 Å². The normalized spacial score (nSPS) is 11.0. The Kier molecular flexibility index (Phi) is 5.88. The van der Waals surface area contributed by atoms with E-state index in [1.165, 1.54) is 11.1 Å². The molecule has 1 aromatic carbocycles. The Labute approximate surface area is 148 Å². The zero-order valence-corrected chi connectivity index (χ0v) is 16.0. The minimum absolute atomic E-state index is 0.235. The van der Waals surface area contributed by atoms with Crippen LogP contribution in [0, 0.1) is 27.7 Å². The van der Waals surface area contributed by atoms with Crippen LogP contribution in [-0.2, 0) is 20.7 Å². The summed E-state index contributed by atoms with van der Waals surface area (Å²) in [6.45, 7) is 12.5. The Morgan fingerprint density at radius 3 is 2.08 bits per heavy atom. The first kappa shape index (κ1) is 19.0. The monoisotopic (exact) mass is 345 g/mol. The van der Waals surface area contributed by atoms with Crippen LogP contribution in [-0.4, -0.2) is 30.1 Å². The second kappa shape index (κ2) is 7.72. The molecule has 2 aromatic rings. The lowest BCUT2D eigenvalue weighted by Crippen LogP contribution is -2.10. The van der Waals surface area contributed by atoms with Crippen LogP contribution in [0.15, 0.2) is 0 Å². The number of hydrogen-bond donors (Lipinski definition) is 1. The summed E-state index contributed by atoms with van der Waals surface area (Å²) in [6, 6.07) is 0. The van der Waals surface area contributed by atoms with Gasteiger partial charge in [0.25, 0.3) is 0 Å². The van der Waals surface area contributed by atoms with Crippen LogP contribution in [0.5, 0.6) is 0 Å². The lowest BCUT2D eigenvalue weighted by molar-refractivity contribution is -0.143. The number of carbonyl (C=O) groups is 2. The number of aromatic nitrogens is 1. The third kappa shape index (κ3) is 3.55. The van der Waals surface area contributed by atoms with Crippen molar-refractivity contribution in [2.24, 2.45) is 0 Å². The van der Waals surface area contributed by atoms with Crippen molar-refractivity contribution in [1.29, 1.82) is 0 Å². The lowest BCUT2D eigenvalue weighted by atomic mass is 9.92. The molecule has 0 saturated heterocycles. The molecule has 0 radical (unpaired) electrons. The van der Waals surface area contributed by atoms with Gasteiger partial charge in [-0.1, -0.05) is 0 Å². The van der Waals surface area contributed by atoms with Crippen LogP contribution in [0.3, 0.4) is 0 Å². The maximum Gasteiger partial charge on any atom is 0.355 e. The van der Waals surface area contributed by atoms with Crippen molar-refractivity contribution in [3.8, 4) is 0 Å². The van der Waals surface area contributed by atoms with Crippen molar-refractivity contribution in [2.75, 3.05) is 13.2 Å². The molecular weight excluding hydrogens is 318 g/mol. The predicted octanol–water partition coefficient (Wildman–Crippen LogP) is 4.07. The number of aromatic amines is 1. The highest BCUT2D eigenvalue weighted by molar-refractivity contribution is 6.01. The van der Waals surface area contributed by atoms with Gasteiger partial charge in [-0.15, -0.1) is 0 Å². The molecule has 0 saturated carbocycles. The van der Waals surface area contributed by atoms with Crippen LogP contribution in [0.4, 0.5) is 0 Å². The maximum atomic E-state index is 12.4. The molecule has 1 heterocycles. The van der Waals surface area contributed by atoms with E-state index in [-0.39, 0.29) is 18.4 Å². The summed E-state index contributed by atoms with van der Waals surface area (Å²) in [7, 11) is 0. The third-order valence-corrected chi connectivity index (χ3v) is 4.91. The molecule has 5 heteroatoms. The third-order valence-electron chi connectivity index (χ3n) is 4.91. The number of esters is 2. The average molecular weight is 345 g/mol. The second-order valence-electron chi connectivity index (χ2n) is 6.25. The van der Waals surface area contributed by atoms with E-state index in [1.807, 2.05) is 6.92 Å². The smallest absolute Gasteiger partial charge is 0.355 e. The SMILES string of the molecule is CCOC(=O)CCc1c(C(=O)OCC)[nH]c2c(C)c(C)c(C)c(C)c12. The molecule has 1 aromatic heterocycles. The lowest BCUT2D eigenvalue weighted by Gasteiger charge is -2.12. The summed E-state index contributed by atoms with van der Waals surface area (Å²) < 4.78 is 10.2. The summed E-state index contributed by atoms with van der Waals surface area (Å²) in [5.74, 6) is -0.642. The number of hydrogen-bond acceptors (Lipinski definition) is 4. The number of aryl methyl sites for hydroxylation is 3. The Bertz CT molecular complexity index is 817. The van der Waals surface area contributed by atoms with E-state index in [1.54, 1.807) is 13.8 Å². The molecule has 0 aliphatic carbocycles. The molecule has 0 aliphatic rings. The topological polar surface area (TPSA) is 68.4 Å². The van der Waals surface area contributed by atoms with E-state index in [2.05, 4.69) is 25.8 Å². The molecular formula is C20H27NO4. The van der Waals surface area contributed by atoms with Crippen molar-refractivity contribution < 1.29 is 19.1 Å². The van der Waals surface area contributed by atoms with Gasteiger partial charge in [0.2, 0.25) is 0 Å². The minimum atomic E-state index is -0.383. The van der Waals surface area contributed by atoms with Crippen LogP contribution in [0.25, 0.3) is 10.9 Å². The molecule has 0 spiro atoms. The molecule has 136 valence electrons. The molecule has 5 nitrogen and oxygen atoms in total. The van der Waals surface area contributed by atoms with Crippen molar-refractivity contribution in [2.45, 2.75) is 54.4 Å².